The van der Waals surface area contributed by atoms with Gasteiger partial charge < -0.3 is 10.2 Å². The van der Waals surface area contributed by atoms with Crippen LogP contribution in [0.3, 0.4) is 0 Å². The largest absolute Gasteiger partial charge is 0.336 e. The molecule has 3 nitrogen and oxygen atoms in total. The first-order chi connectivity index (χ1) is 7.66. The fraction of sp³-hybridized carbons (Fsp3) is 0.583. The lowest BCUT2D eigenvalue weighted by atomic mass is 10.3. The maximum Gasteiger partial charge on any atom is 0.318 e. The van der Waals surface area contributed by atoms with E-state index in [1.807, 2.05) is 18.7 Å². The van der Waals surface area contributed by atoms with Gasteiger partial charge in [0.1, 0.15) is 0 Å². The first kappa shape index (κ1) is 11.5. The molecular formula is C12H18N2OS. The second-order valence-corrected chi connectivity index (χ2v) is 5.37. The third-order valence-corrected chi connectivity index (χ3v) is 3.33. The Kier molecular flexibility index (Phi) is 3.49. The second-order valence-electron chi connectivity index (χ2n) is 4.59. The summed E-state index contributed by atoms with van der Waals surface area (Å²) >= 11 is 1.68. The molecule has 0 unspecified atom stereocenters. The zero-order chi connectivity index (χ0) is 11.5. The summed E-state index contributed by atoms with van der Waals surface area (Å²) in [4.78, 5) is 13.9. The molecule has 88 valence electrons. The lowest BCUT2D eigenvalue weighted by molar-refractivity contribution is 0.189. The minimum atomic E-state index is 0.0729. The lowest BCUT2D eigenvalue weighted by Crippen LogP contribution is -2.43. The molecule has 1 aromatic heterocycles. The van der Waals surface area contributed by atoms with Crippen LogP contribution in [0.25, 0.3) is 0 Å². The van der Waals surface area contributed by atoms with Crippen molar-refractivity contribution >= 4 is 17.4 Å². The van der Waals surface area contributed by atoms with Crippen LogP contribution in [0, 0.1) is 0 Å². The van der Waals surface area contributed by atoms with E-state index in [-0.39, 0.29) is 12.1 Å². The van der Waals surface area contributed by atoms with E-state index >= 15 is 0 Å². The molecule has 4 heteroatoms. The van der Waals surface area contributed by atoms with E-state index in [2.05, 4.69) is 22.1 Å². The average Bonchev–Trinajstić information content (AvgIpc) is 2.91. The molecule has 0 aliphatic heterocycles. The molecule has 2 rings (SSSR count). The van der Waals surface area contributed by atoms with Crippen LogP contribution in [0.4, 0.5) is 4.79 Å². The number of urea groups is 1. The SMILES string of the molecule is CC(C)NC(=O)N(Cc1ccsc1)C1CC1. The van der Waals surface area contributed by atoms with Crippen molar-refractivity contribution in [3.05, 3.63) is 22.4 Å². The van der Waals surface area contributed by atoms with Gasteiger partial charge in [-0.2, -0.15) is 11.3 Å². The van der Waals surface area contributed by atoms with Gasteiger partial charge in [-0.25, -0.2) is 4.79 Å². The van der Waals surface area contributed by atoms with Crippen molar-refractivity contribution in [3.63, 3.8) is 0 Å². The van der Waals surface area contributed by atoms with Gasteiger partial charge in [0.05, 0.1) is 0 Å². The topological polar surface area (TPSA) is 32.3 Å². The molecule has 1 aliphatic carbocycles. The Morgan fingerprint density at radius 3 is 2.88 bits per heavy atom. The maximum atomic E-state index is 12.0. The molecule has 0 bridgehead atoms. The fourth-order valence-electron chi connectivity index (χ4n) is 1.66. The van der Waals surface area contributed by atoms with Crippen LogP contribution in [0.1, 0.15) is 32.3 Å². The normalized spacial score (nSPS) is 15.2. The van der Waals surface area contributed by atoms with Gasteiger partial charge in [-0.05, 0) is 49.1 Å². The van der Waals surface area contributed by atoms with Crippen molar-refractivity contribution in [2.45, 2.75) is 45.3 Å². The van der Waals surface area contributed by atoms with Crippen molar-refractivity contribution in [2.24, 2.45) is 0 Å². The number of nitrogens with zero attached hydrogens (tertiary/aromatic N) is 1. The van der Waals surface area contributed by atoms with Gasteiger partial charge in [0.2, 0.25) is 0 Å². The average molecular weight is 238 g/mol. The van der Waals surface area contributed by atoms with Crippen LogP contribution in [-0.4, -0.2) is 23.0 Å². The van der Waals surface area contributed by atoms with Crippen LogP contribution < -0.4 is 5.32 Å². The molecule has 1 N–H and O–H groups in total. The molecule has 2 amide bonds. The van der Waals surface area contributed by atoms with Crippen molar-refractivity contribution in [2.75, 3.05) is 0 Å². The van der Waals surface area contributed by atoms with Crippen LogP contribution in [-0.2, 0) is 6.54 Å². The molecule has 1 aromatic rings. The Balaban J connectivity index is 1.97. The van der Waals surface area contributed by atoms with Crippen LogP contribution in [0.5, 0.6) is 0 Å². The predicted molar refractivity (Wildman–Crippen MR) is 66.6 cm³/mol. The number of thiophene rings is 1. The quantitative estimate of drug-likeness (QED) is 0.859. The first-order valence-corrected chi connectivity index (χ1v) is 6.69. The monoisotopic (exact) mass is 238 g/mol. The summed E-state index contributed by atoms with van der Waals surface area (Å²) in [6, 6.07) is 2.82. The summed E-state index contributed by atoms with van der Waals surface area (Å²) in [5.41, 5.74) is 1.23. The van der Waals surface area contributed by atoms with Gasteiger partial charge in [0.25, 0.3) is 0 Å². The Morgan fingerprint density at radius 2 is 2.38 bits per heavy atom. The zero-order valence-electron chi connectivity index (χ0n) is 9.77. The fourth-order valence-corrected chi connectivity index (χ4v) is 2.32. The first-order valence-electron chi connectivity index (χ1n) is 5.75. The highest BCUT2D eigenvalue weighted by atomic mass is 32.1. The molecule has 16 heavy (non-hydrogen) atoms. The summed E-state index contributed by atoms with van der Waals surface area (Å²) in [7, 11) is 0. The molecule has 0 atom stereocenters. The molecule has 0 saturated heterocycles. The lowest BCUT2D eigenvalue weighted by Gasteiger charge is -2.23. The van der Waals surface area contributed by atoms with E-state index < -0.39 is 0 Å². The van der Waals surface area contributed by atoms with Gasteiger partial charge in [-0.3, -0.25) is 0 Å². The number of hydrogen-bond acceptors (Lipinski definition) is 2. The van der Waals surface area contributed by atoms with Gasteiger partial charge in [0.15, 0.2) is 0 Å². The number of hydrogen-bond donors (Lipinski definition) is 1. The Hall–Kier alpha value is -1.03. The number of rotatable bonds is 4. The summed E-state index contributed by atoms with van der Waals surface area (Å²) in [6.45, 7) is 4.73. The minimum Gasteiger partial charge on any atom is -0.336 e. The van der Waals surface area contributed by atoms with E-state index in [0.717, 1.165) is 19.4 Å². The highest BCUT2D eigenvalue weighted by molar-refractivity contribution is 7.07. The smallest absolute Gasteiger partial charge is 0.318 e. The summed E-state index contributed by atoms with van der Waals surface area (Å²) < 4.78 is 0. The van der Waals surface area contributed by atoms with Crippen molar-refractivity contribution in [3.8, 4) is 0 Å². The molecule has 0 aromatic carbocycles. The van der Waals surface area contributed by atoms with E-state index in [1.165, 1.54) is 5.56 Å². The standard InChI is InChI=1S/C12H18N2OS/c1-9(2)13-12(15)14(11-3-4-11)7-10-5-6-16-8-10/h5-6,8-9,11H,3-4,7H2,1-2H3,(H,13,15). The highest BCUT2D eigenvalue weighted by Crippen LogP contribution is 2.28. The van der Waals surface area contributed by atoms with Gasteiger partial charge in [0, 0.05) is 18.6 Å². The minimum absolute atomic E-state index is 0.0729. The van der Waals surface area contributed by atoms with E-state index in [1.54, 1.807) is 11.3 Å². The molecule has 1 aliphatic rings. The number of carbonyl (C=O) groups excluding carboxylic acids is 1. The summed E-state index contributed by atoms with van der Waals surface area (Å²) in [5.74, 6) is 0. The molecule has 0 spiro atoms. The van der Waals surface area contributed by atoms with Crippen molar-refractivity contribution < 1.29 is 4.79 Å². The Bertz CT molecular complexity index is 344. The second kappa shape index (κ2) is 4.87. The zero-order valence-corrected chi connectivity index (χ0v) is 10.6. The Labute approximate surface area is 100 Å². The van der Waals surface area contributed by atoms with E-state index in [4.69, 9.17) is 0 Å². The molecular weight excluding hydrogens is 220 g/mol. The summed E-state index contributed by atoms with van der Waals surface area (Å²) in [6.07, 6.45) is 2.30. The predicted octanol–water partition coefficient (Wildman–Crippen LogP) is 2.83. The molecule has 1 fully saturated rings. The summed E-state index contributed by atoms with van der Waals surface area (Å²) in [5, 5.41) is 7.13. The van der Waals surface area contributed by atoms with Gasteiger partial charge in [-0.15, -0.1) is 0 Å². The van der Waals surface area contributed by atoms with E-state index in [9.17, 15) is 4.79 Å². The molecule has 1 saturated carbocycles. The number of amides is 2. The van der Waals surface area contributed by atoms with E-state index in [0.29, 0.717) is 6.04 Å². The van der Waals surface area contributed by atoms with Crippen LogP contribution in [0.15, 0.2) is 16.8 Å². The molecule has 0 radical (unpaired) electrons. The van der Waals surface area contributed by atoms with Gasteiger partial charge >= 0.3 is 6.03 Å². The van der Waals surface area contributed by atoms with Crippen LogP contribution in [0.2, 0.25) is 0 Å². The highest BCUT2D eigenvalue weighted by Gasteiger charge is 2.32. The molecule has 1 heterocycles. The van der Waals surface area contributed by atoms with Crippen molar-refractivity contribution in [1.82, 2.24) is 10.2 Å². The van der Waals surface area contributed by atoms with Gasteiger partial charge in [-0.1, -0.05) is 0 Å². The maximum absolute atomic E-state index is 12.0. The van der Waals surface area contributed by atoms with Crippen LogP contribution >= 0.6 is 11.3 Å². The third-order valence-electron chi connectivity index (χ3n) is 2.59. The third kappa shape index (κ3) is 2.98. The number of carbonyl (C=O) groups is 1. The van der Waals surface area contributed by atoms with Crippen molar-refractivity contribution in [1.29, 1.82) is 0 Å². The Morgan fingerprint density at radius 1 is 1.62 bits per heavy atom. The number of nitrogens with one attached hydrogen (secondary N) is 1.